The molecule has 26 heavy (non-hydrogen) atoms. The summed E-state index contributed by atoms with van der Waals surface area (Å²) in [5.41, 5.74) is 1.41. The van der Waals surface area contributed by atoms with Crippen LogP contribution in [-0.2, 0) is 4.79 Å². The molecule has 132 valence electrons. The summed E-state index contributed by atoms with van der Waals surface area (Å²) in [6.45, 7) is 4.09. The highest BCUT2D eigenvalue weighted by atomic mass is 32.2. The zero-order valence-electron chi connectivity index (χ0n) is 14.2. The number of thioether (sulfide) groups is 1. The fourth-order valence-electron chi connectivity index (χ4n) is 2.95. The number of aromatic nitrogens is 2. The molecular formula is C18H16N4O2S2. The molecule has 0 aliphatic carbocycles. The van der Waals surface area contributed by atoms with Crippen LogP contribution in [0, 0.1) is 0 Å². The van der Waals surface area contributed by atoms with Gasteiger partial charge >= 0.3 is 0 Å². The third-order valence-corrected chi connectivity index (χ3v) is 5.87. The van der Waals surface area contributed by atoms with Crippen LogP contribution in [-0.4, -0.2) is 33.8 Å². The zero-order valence-corrected chi connectivity index (χ0v) is 15.9. The Hall–Kier alpha value is -2.45. The number of anilines is 2. The molecule has 2 amide bonds. The molecule has 3 aromatic rings. The van der Waals surface area contributed by atoms with E-state index in [0.29, 0.717) is 15.9 Å². The predicted octanol–water partition coefficient (Wildman–Crippen LogP) is 3.79. The zero-order chi connectivity index (χ0) is 18.3. The number of nitrogens with zero attached hydrogens (tertiary/aromatic N) is 3. The monoisotopic (exact) mass is 384 g/mol. The van der Waals surface area contributed by atoms with Gasteiger partial charge in [0.05, 0.1) is 5.69 Å². The van der Waals surface area contributed by atoms with Crippen molar-refractivity contribution in [3.05, 3.63) is 42.0 Å². The number of carbonyl (C=O) groups is 2. The summed E-state index contributed by atoms with van der Waals surface area (Å²) in [4.78, 5) is 26.7. The van der Waals surface area contributed by atoms with Crippen molar-refractivity contribution in [2.75, 3.05) is 16.8 Å². The van der Waals surface area contributed by atoms with E-state index in [1.807, 2.05) is 30.3 Å². The molecule has 0 saturated heterocycles. The van der Waals surface area contributed by atoms with Gasteiger partial charge in [-0.2, -0.15) is 0 Å². The molecule has 0 spiro atoms. The quantitative estimate of drug-likeness (QED) is 0.535. The van der Waals surface area contributed by atoms with E-state index in [4.69, 9.17) is 0 Å². The molecule has 1 aliphatic rings. The minimum atomic E-state index is -0.291. The van der Waals surface area contributed by atoms with E-state index < -0.39 is 0 Å². The Labute approximate surface area is 158 Å². The van der Waals surface area contributed by atoms with Gasteiger partial charge in [0, 0.05) is 16.2 Å². The second-order valence-electron chi connectivity index (χ2n) is 6.16. The van der Waals surface area contributed by atoms with Gasteiger partial charge in [-0.3, -0.25) is 19.8 Å². The molecule has 0 fully saturated rings. The number of hydrogen-bond acceptors (Lipinski definition) is 6. The van der Waals surface area contributed by atoms with E-state index in [9.17, 15) is 9.59 Å². The van der Waals surface area contributed by atoms with Crippen molar-refractivity contribution in [2.24, 2.45) is 0 Å². The second-order valence-corrected chi connectivity index (χ2v) is 8.96. The van der Waals surface area contributed by atoms with Crippen molar-refractivity contribution in [3.63, 3.8) is 0 Å². The minimum Gasteiger partial charge on any atom is -0.299 e. The van der Waals surface area contributed by atoms with Gasteiger partial charge in [0.2, 0.25) is 11.0 Å². The molecule has 1 N–H and O–H groups in total. The van der Waals surface area contributed by atoms with Crippen molar-refractivity contribution < 1.29 is 9.59 Å². The van der Waals surface area contributed by atoms with E-state index in [2.05, 4.69) is 29.4 Å². The minimum absolute atomic E-state index is 0.0567. The summed E-state index contributed by atoms with van der Waals surface area (Å²) in [6, 6.07) is 11.4. The van der Waals surface area contributed by atoms with Gasteiger partial charge in [-0.15, -0.1) is 10.2 Å². The van der Waals surface area contributed by atoms with Crippen LogP contribution in [0.3, 0.4) is 0 Å². The number of carbonyl (C=O) groups excluding carboxylic acids is 2. The van der Waals surface area contributed by atoms with Crippen molar-refractivity contribution in [2.45, 2.75) is 23.4 Å². The summed E-state index contributed by atoms with van der Waals surface area (Å²) in [5, 5.41) is 13.5. The van der Waals surface area contributed by atoms with Crippen molar-refractivity contribution in [1.82, 2.24) is 10.2 Å². The molecule has 8 heteroatoms. The Morgan fingerprint density at radius 2 is 2.00 bits per heavy atom. The lowest BCUT2D eigenvalue weighted by molar-refractivity contribution is -0.114. The second kappa shape index (κ2) is 6.69. The van der Waals surface area contributed by atoms with Gasteiger partial charge in [0.1, 0.15) is 6.54 Å². The summed E-state index contributed by atoms with van der Waals surface area (Å²) in [7, 11) is 0. The number of amides is 2. The summed E-state index contributed by atoms with van der Waals surface area (Å²) >= 11 is 2.93. The molecule has 0 radical (unpaired) electrons. The molecule has 0 unspecified atom stereocenters. The topological polar surface area (TPSA) is 75.2 Å². The van der Waals surface area contributed by atoms with Gasteiger partial charge in [0.15, 0.2) is 4.34 Å². The molecule has 0 saturated carbocycles. The fourth-order valence-corrected chi connectivity index (χ4v) is 4.94. The summed E-state index contributed by atoms with van der Waals surface area (Å²) < 4.78 is 0.810. The van der Waals surface area contributed by atoms with Gasteiger partial charge in [0.25, 0.3) is 5.91 Å². The van der Waals surface area contributed by atoms with Gasteiger partial charge < -0.3 is 0 Å². The van der Waals surface area contributed by atoms with Crippen LogP contribution in [0.2, 0.25) is 0 Å². The normalized spacial score (nSPS) is 13.0. The molecular weight excluding hydrogens is 368 g/mol. The fraction of sp³-hybridized carbons (Fsp3) is 0.222. The van der Waals surface area contributed by atoms with Crippen molar-refractivity contribution >= 4 is 56.5 Å². The maximum atomic E-state index is 12.7. The molecule has 1 aliphatic heterocycles. The van der Waals surface area contributed by atoms with Gasteiger partial charge in [-0.25, -0.2) is 0 Å². The van der Waals surface area contributed by atoms with E-state index in [1.165, 1.54) is 16.2 Å². The Kier molecular flexibility index (Phi) is 4.37. The Balaban J connectivity index is 1.51. The highest BCUT2D eigenvalue weighted by Gasteiger charge is 2.31. The van der Waals surface area contributed by atoms with Crippen LogP contribution in [0.4, 0.5) is 10.8 Å². The largest absolute Gasteiger partial charge is 0.299 e. The van der Waals surface area contributed by atoms with Crippen LogP contribution in [0.25, 0.3) is 10.8 Å². The van der Waals surface area contributed by atoms with Gasteiger partial charge in [-0.1, -0.05) is 61.2 Å². The molecule has 1 aromatic heterocycles. The lowest BCUT2D eigenvalue weighted by atomic mass is 10.1. The standard InChI is InChI=1S/C18H16N4O2S2/c1-10(2)25-18-21-20-17(26-18)19-14(23)9-22-13-8-4-6-11-5-3-7-12(15(11)13)16(22)24/h3-8,10H,9H2,1-2H3,(H,19,20,23). The predicted molar refractivity (Wildman–Crippen MR) is 105 cm³/mol. The van der Waals surface area contributed by atoms with Crippen LogP contribution in [0.1, 0.15) is 24.2 Å². The SMILES string of the molecule is CC(C)Sc1nnc(NC(=O)CN2C(=O)c3cccc4cccc2c34)s1. The number of nitrogens with one attached hydrogen (secondary N) is 1. The Morgan fingerprint density at radius 1 is 1.23 bits per heavy atom. The molecule has 4 rings (SSSR count). The van der Waals surface area contributed by atoms with Crippen molar-refractivity contribution in [1.29, 1.82) is 0 Å². The van der Waals surface area contributed by atoms with Crippen LogP contribution < -0.4 is 10.2 Å². The number of benzene rings is 2. The van der Waals surface area contributed by atoms with E-state index in [1.54, 1.807) is 17.8 Å². The summed E-state index contributed by atoms with van der Waals surface area (Å²) in [5.74, 6) is -0.444. The van der Waals surface area contributed by atoms with Crippen LogP contribution >= 0.6 is 23.1 Å². The maximum absolute atomic E-state index is 12.7. The Morgan fingerprint density at radius 3 is 2.77 bits per heavy atom. The van der Waals surface area contributed by atoms with E-state index >= 15 is 0 Å². The average Bonchev–Trinajstić information content (AvgIpc) is 3.14. The van der Waals surface area contributed by atoms with E-state index in [0.717, 1.165) is 20.8 Å². The van der Waals surface area contributed by atoms with E-state index in [-0.39, 0.29) is 18.4 Å². The molecule has 6 nitrogen and oxygen atoms in total. The van der Waals surface area contributed by atoms with Crippen LogP contribution in [0.15, 0.2) is 40.7 Å². The number of hydrogen-bond donors (Lipinski definition) is 1. The molecule has 0 atom stereocenters. The smallest absolute Gasteiger partial charge is 0.259 e. The van der Waals surface area contributed by atoms with Crippen molar-refractivity contribution in [3.8, 4) is 0 Å². The maximum Gasteiger partial charge on any atom is 0.259 e. The first-order valence-corrected chi connectivity index (χ1v) is 9.86. The molecule has 2 aromatic carbocycles. The highest BCUT2D eigenvalue weighted by molar-refractivity contribution is 8.01. The average molecular weight is 384 g/mol. The third kappa shape index (κ3) is 3.06. The molecule has 2 heterocycles. The summed E-state index contributed by atoms with van der Waals surface area (Å²) in [6.07, 6.45) is 0. The molecule has 0 bridgehead atoms. The Bertz CT molecular complexity index is 1010. The lowest BCUT2D eigenvalue weighted by Gasteiger charge is -2.16. The third-order valence-electron chi connectivity index (χ3n) is 3.94. The number of rotatable bonds is 5. The first kappa shape index (κ1) is 17.0. The lowest BCUT2D eigenvalue weighted by Crippen LogP contribution is -2.35. The first-order chi connectivity index (χ1) is 12.5. The van der Waals surface area contributed by atoms with Crippen LogP contribution in [0.5, 0.6) is 0 Å². The highest BCUT2D eigenvalue weighted by Crippen LogP contribution is 2.37. The first-order valence-electron chi connectivity index (χ1n) is 8.16. The van der Waals surface area contributed by atoms with Gasteiger partial charge in [-0.05, 0) is 17.5 Å².